The summed E-state index contributed by atoms with van der Waals surface area (Å²) in [5.74, 6) is -0.366. The standard InChI is InChI=1S/C23H20ClF3N6O2/c1-32-21(17(24)13-29-32)16-11-14(7-8-19(16)35-10-9-28)30-22(34)18-12-20(23(25,26)27)33(31-18)15-5-3-2-4-6-15/h2-8,11-13H,9-10,28H2,1H3,(H,30,34). The van der Waals surface area contributed by atoms with Crippen LogP contribution in [0.2, 0.25) is 5.02 Å². The predicted octanol–water partition coefficient (Wildman–Crippen LogP) is 4.53. The first kappa shape index (κ1) is 24.3. The van der Waals surface area contributed by atoms with Crippen LogP contribution in [-0.2, 0) is 13.2 Å². The van der Waals surface area contributed by atoms with E-state index in [2.05, 4.69) is 15.5 Å². The van der Waals surface area contributed by atoms with Gasteiger partial charge >= 0.3 is 6.18 Å². The summed E-state index contributed by atoms with van der Waals surface area (Å²) in [6.07, 6.45) is -3.25. The minimum atomic E-state index is -4.72. The highest BCUT2D eigenvalue weighted by Crippen LogP contribution is 2.37. The van der Waals surface area contributed by atoms with Crippen LogP contribution in [0, 0.1) is 0 Å². The molecule has 0 aliphatic rings. The molecule has 0 fully saturated rings. The van der Waals surface area contributed by atoms with E-state index in [4.69, 9.17) is 22.1 Å². The molecule has 2 aromatic heterocycles. The van der Waals surface area contributed by atoms with Crippen molar-refractivity contribution in [2.75, 3.05) is 18.5 Å². The maximum atomic E-state index is 13.6. The summed E-state index contributed by atoms with van der Waals surface area (Å²) >= 11 is 6.29. The summed E-state index contributed by atoms with van der Waals surface area (Å²) in [5.41, 5.74) is 5.59. The van der Waals surface area contributed by atoms with Crippen LogP contribution in [-0.4, -0.2) is 38.6 Å². The zero-order valence-electron chi connectivity index (χ0n) is 18.4. The van der Waals surface area contributed by atoms with Gasteiger partial charge in [0.1, 0.15) is 18.1 Å². The molecular weight excluding hydrogens is 485 g/mol. The lowest BCUT2D eigenvalue weighted by molar-refractivity contribution is -0.142. The topological polar surface area (TPSA) is 100.0 Å². The molecule has 0 spiro atoms. The quantitative estimate of drug-likeness (QED) is 0.385. The molecule has 8 nitrogen and oxygen atoms in total. The fourth-order valence-electron chi connectivity index (χ4n) is 3.46. The lowest BCUT2D eigenvalue weighted by atomic mass is 10.1. The maximum Gasteiger partial charge on any atom is 0.433 e. The van der Waals surface area contributed by atoms with E-state index in [1.807, 2.05) is 0 Å². The van der Waals surface area contributed by atoms with Crippen LogP contribution in [0.15, 0.2) is 60.8 Å². The van der Waals surface area contributed by atoms with Gasteiger partial charge in [-0.3, -0.25) is 9.48 Å². The van der Waals surface area contributed by atoms with E-state index in [0.717, 1.165) is 0 Å². The Bertz CT molecular complexity index is 1330. The Labute approximate surface area is 203 Å². The molecule has 4 aromatic rings. The number of carbonyl (C=O) groups is 1. The molecule has 3 N–H and O–H groups in total. The van der Waals surface area contributed by atoms with Crippen LogP contribution in [0.25, 0.3) is 16.9 Å². The molecule has 0 saturated heterocycles. The van der Waals surface area contributed by atoms with Crippen molar-refractivity contribution in [1.29, 1.82) is 0 Å². The van der Waals surface area contributed by atoms with E-state index in [9.17, 15) is 18.0 Å². The highest BCUT2D eigenvalue weighted by atomic mass is 35.5. The summed E-state index contributed by atoms with van der Waals surface area (Å²) < 4.78 is 48.8. The second-order valence-electron chi connectivity index (χ2n) is 7.43. The zero-order valence-corrected chi connectivity index (χ0v) is 19.1. The Morgan fingerprint density at radius 2 is 1.91 bits per heavy atom. The van der Waals surface area contributed by atoms with Crippen molar-refractivity contribution in [2.24, 2.45) is 12.8 Å². The van der Waals surface area contributed by atoms with Crippen molar-refractivity contribution in [1.82, 2.24) is 19.6 Å². The van der Waals surface area contributed by atoms with Crippen molar-refractivity contribution in [3.8, 4) is 22.7 Å². The first-order valence-corrected chi connectivity index (χ1v) is 10.8. The van der Waals surface area contributed by atoms with Gasteiger partial charge in [0.25, 0.3) is 5.91 Å². The van der Waals surface area contributed by atoms with E-state index in [1.54, 1.807) is 43.4 Å². The van der Waals surface area contributed by atoms with Crippen molar-refractivity contribution in [3.05, 3.63) is 77.2 Å². The second kappa shape index (κ2) is 9.80. The Hall–Kier alpha value is -3.83. The first-order valence-electron chi connectivity index (χ1n) is 10.4. The van der Waals surface area contributed by atoms with E-state index in [1.165, 1.54) is 23.0 Å². The number of halogens is 4. The first-order chi connectivity index (χ1) is 16.7. The molecule has 0 aliphatic carbocycles. The summed E-state index contributed by atoms with van der Waals surface area (Å²) in [5, 5.41) is 11.0. The number of alkyl halides is 3. The molecule has 4 rings (SSSR count). The molecule has 0 unspecified atom stereocenters. The van der Waals surface area contributed by atoms with Gasteiger partial charge in [0.05, 0.1) is 22.6 Å². The van der Waals surface area contributed by atoms with Crippen molar-refractivity contribution >= 4 is 23.2 Å². The average molecular weight is 505 g/mol. The largest absolute Gasteiger partial charge is 0.492 e. The normalized spacial score (nSPS) is 11.5. The van der Waals surface area contributed by atoms with E-state index in [0.29, 0.717) is 38.5 Å². The van der Waals surface area contributed by atoms with Crippen molar-refractivity contribution in [2.45, 2.75) is 6.18 Å². The molecule has 0 radical (unpaired) electrons. The Kier molecular flexibility index (Phi) is 6.81. The fourth-order valence-corrected chi connectivity index (χ4v) is 3.72. The molecule has 0 saturated carbocycles. The van der Waals surface area contributed by atoms with E-state index < -0.39 is 23.5 Å². The third kappa shape index (κ3) is 5.15. The molecule has 0 bridgehead atoms. The SMILES string of the molecule is Cn1ncc(Cl)c1-c1cc(NC(=O)c2cc(C(F)(F)F)n(-c3ccccc3)n2)ccc1OCCN. The molecule has 0 atom stereocenters. The molecule has 2 heterocycles. The van der Waals surface area contributed by atoms with Crippen LogP contribution >= 0.6 is 11.6 Å². The number of anilines is 1. The number of para-hydroxylation sites is 1. The summed E-state index contributed by atoms with van der Waals surface area (Å²) in [4.78, 5) is 12.9. The summed E-state index contributed by atoms with van der Waals surface area (Å²) in [6.45, 7) is 0.522. The maximum absolute atomic E-state index is 13.6. The minimum Gasteiger partial charge on any atom is -0.492 e. The van der Waals surface area contributed by atoms with E-state index >= 15 is 0 Å². The lowest BCUT2D eigenvalue weighted by Crippen LogP contribution is -2.14. The van der Waals surface area contributed by atoms with Crippen molar-refractivity contribution < 1.29 is 22.7 Å². The van der Waals surface area contributed by atoms with Crippen LogP contribution in [0.3, 0.4) is 0 Å². The number of ether oxygens (including phenoxy) is 1. The van der Waals surface area contributed by atoms with Crippen LogP contribution in [0.4, 0.5) is 18.9 Å². The van der Waals surface area contributed by atoms with Gasteiger partial charge in [-0.2, -0.15) is 23.4 Å². The minimum absolute atomic E-state index is 0.174. The van der Waals surface area contributed by atoms with Gasteiger partial charge in [-0.1, -0.05) is 29.8 Å². The number of amides is 1. The second-order valence-corrected chi connectivity index (χ2v) is 7.83. The highest BCUT2D eigenvalue weighted by Gasteiger charge is 2.37. The molecule has 2 aromatic carbocycles. The molecule has 182 valence electrons. The van der Waals surface area contributed by atoms with Gasteiger partial charge in [0.15, 0.2) is 5.69 Å². The molecule has 1 amide bonds. The Morgan fingerprint density at radius 3 is 2.54 bits per heavy atom. The molecule has 35 heavy (non-hydrogen) atoms. The number of hydrogen-bond donors (Lipinski definition) is 2. The van der Waals surface area contributed by atoms with E-state index in [-0.39, 0.29) is 18.8 Å². The Morgan fingerprint density at radius 1 is 1.17 bits per heavy atom. The van der Waals surface area contributed by atoms with Crippen LogP contribution in [0.5, 0.6) is 5.75 Å². The number of nitrogens with zero attached hydrogens (tertiary/aromatic N) is 4. The van der Waals surface area contributed by atoms with Crippen LogP contribution < -0.4 is 15.8 Å². The number of aryl methyl sites for hydroxylation is 1. The monoisotopic (exact) mass is 504 g/mol. The van der Waals surface area contributed by atoms with Crippen LogP contribution in [0.1, 0.15) is 16.2 Å². The number of benzene rings is 2. The van der Waals surface area contributed by atoms with Crippen molar-refractivity contribution in [3.63, 3.8) is 0 Å². The fraction of sp³-hybridized carbons (Fsp3) is 0.174. The third-order valence-electron chi connectivity index (χ3n) is 5.00. The number of rotatable bonds is 7. The van der Waals surface area contributed by atoms with Gasteiger partial charge in [0.2, 0.25) is 0 Å². The summed E-state index contributed by atoms with van der Waals surface area (Å²) in [6, 6.07) is 13.2. The number of hydrogen-bond acceptors (Lipinski definition) is 5. The molecule has 12 heteroatoms. The van der Waals surface area contributed by atoms with Gasteiger partial charge < -0.3 is 15.8 Å². The zero-order chi connectivity index (χ0) is 25.2. The third-order valence-corrected chi connectivity index (χ3v) is 5.27. The smallest absolute Gasteiger partial charge is 0.433 e. The molecular formula is C23H20ClF3N6O2. The number of carbonyl (C=O) groups excluding carboxylic acids is 1. The van der Waals surface area contributed by atoms with Gasteiger partial charge in [-0.05, 0) is 30.3 Å². The van der Waals surface area contributed by atoms with Gasteiger partial charge in [-0.15, -0.1) is 0 Å². The number of aromatic nitrogens is 4. The average Bonchev–Trinajstić information content (AvgIpc) is 3.43. The molecule has 0 aliphatic heterocycles. The van der Waals surface area contributed by atoms with Gasteiger partial charge in [-0.25, -0.2) is 4.68 Å². The predicted molar refractivity (Wildman–Crippen MR) is 125 cm³/mol. The highest BCUT2D eigenvalue weighted by molar-refractivity contribution is 6.33. The van der Waals surface area contributed by atoms with Gasteiger partial charge in [0, 0.05) is 30.9 Å². The Balaban J connectivity index is 1.69. The number of nitrogens with two attached hydrogens (primary N) is 1. The lowest BCUT2D eigenvalue weighted by Gasteiger charge is -2.14. The summed E-state index contributed by atoms with van der Waals surface area (Å²) in [7, 11) is 1.69. The number of nitrogens with one attached hydrogen (secondary N) is 1.